The molecule has 1 unspecified atom stereocenters. The number of likely N-dealkylation sites (tertiary alicyclic amines) is 1. The summed E-state index contributed by atoms with van der Waals surface area (Å²) in [4.78, 5) is 25.6. The number of methoxy groups -OCH3 is 1. The highest BCUT2D eigenvalue weighted by atomic mass is 16.5. The number of ether oxygens (including phenoxy) is 1. The van der Waals surface area contributed by atoms with E-state index in [0.29, 0.717) is 28.8 Å². The lowest BCUT2D eigenvalue weighted by atomic mass is 10.0. The maximum absolute atomic E-state index is 12.1. The van der Waals surface area contributed by atoms with Crippen LogP contribution in [0.5, 0.6) is 0 Å². The number of aliphatic hydroxyl groups is 1. The zero-order valence-electron chi connectivity index (χ0n) is 15.8. The van der Waals surface area contributed by atoms with Crippen molar-refractivity contribution in [2.24, 2.45) is 0 Å². The third-order valence-corrected chi connectivity index (χ3v) is 4.75. The van der Waals surface area contributed by atoms with Crippen molar-refractivity contribution in [1.29, 1.82) is 0 Å². The third kappa shape index (κ3) is 3.19. The summed E-state index contributed by atoms with van der Waals surface area (Å²) >= 11 is 0. The maximum atomic E-state index is 12.1. The molecule has 1 atom stereocenters. The lowest BCUT2D eigenvalue weighted by molar-refractivity contribution is -0.137. The molecule has 9 heteroatoms. The summed E-state index contributed by atoms with van der Waals surface area (Å²) in [5.41, 5.74) is 0.0175. The fraction of sp³-hybridized carbons (Fsp3) is 0.250. The number of benzene rings is 1. The standard InChI is InChI=1S/C20H17N5O4/c1-24-11-9-20(28,19(24)27)8-6-13-4-3-5-14(12-13)25-17-15(7-10-21-22-17)16(23-25)18(26)29-2/h3-5,7,10,12,28H,9,11H2,1-2H3. The molecule has 0 saturated carbocycles. The maximum Gasteiger partial charge on any atom is 0.359 e. The van der Waals surface area contributed by atoms with Crippen LogP contribution in [0.15, 0.2) is 36.5 Å². The molecule has 29 heavy (non-hydrogen) atoms. The first-order valence-corrected chi connectivity index (χ1v) is 8.83. The van der Waals surface area contributed by atoms with Gasteiger partial charge in [-0.1, -0.05) is 17.9 Å². The number of nitrogens with zero attached hydrogens (tertiary/aromatic N) is 5. The summed E-state index contributed by atoms with van der Waals surface area (Å²) in [7, 11) is 2.91. The highest BCUT2D eigenvalue weighted by molar-refractivity contribution is 6.01. The Morgan fingerprint density at radius 2 is 2.17 bits per heavy atom. The fourth-order valence-corrected chi connectivity index (χ4v) is 3.15. The molecule has 1 aromatic carbocycles. The predicted octanol–water partition coefficient (Wildman–Crippen LogP) is 0.547. The van der Waals surface area contributed by atoms with Gasteiger partial charge in [-0.25, -0.2) is 9.48 Å². The van der Waals surface area contributed by atoms with Crippen molar-refractivity contribution in [3.8, 4) is 17.5 Å². The van der Waals surface area contributed by atoms with Crippen LogP contribution in [0.4, 0.5) is 0 Å². The first kappa shape index (κ1) is 18.6. The molecule has 3 aromatic rings. The molecular formula is C20H17N5O4. The zero-order valence-corrected chi connectivity index (χ0v) is 15.8. The van der Waals surface area contributed by atoms with Gasteiger partial charge < -0.3 is 14.7 Å². The van der Waals surface area contributed by atoms with Crippen molar-refractivity contribution in [2.45, 2.75) is 12.0 Å². The van der Waals surface area contributed by atoms with Crippen LogP contribution in [0.25, 0.3) is 16.7 Å². The first-order valence-electron chi connectivity index (χ1n) is 8.83. The molecule has 1 aliphatic rings. The van der Waals surface area contributed by atoms with Crippen LogP contribution >= 0.6 is 0 Å². The van der Waals surface area contributed by atoms with Crippen LogP contribution in [0.2, 0.25) is 0 Å². The van der Waals surface area contributed by atoms with E-state index < -0.39 is 17.5 Å². The van der Waals surface area contributed by atoms with E-state index in [1.165, 1.54) is 22.9 Å². The van der Waals surface area contributed by atoms with Gasteiger partial charge in [-0.15, -0.1) is 5.10 Å². The average molecular weight is 391 g/mol. The Morgan fingerprint density at radius 1 is 1.34 bits per heavy atom. The van der Waals surface area contributed by atoms with Gasteiger partial charge in [0.25, 0.3) is 5.91 Å². The highest BCUT2D eigenvalue weighted by Crippen LogP contribution is 2.22. The van der Waals surface area contributed by atoms with Gasteiger partial charge in [0.2, 0.25) is 5.60 Å². The van der Waals surface area contributed by atoms with Gasteiger partial charge in [0.15, 0.2) is 11.3 Å². The van der Waals surface area contributed by atoms with Gasteiger partial charge in [-0.2, -0.15) is 10.2 Å². The largest absolute Gasteiger partial charge is 0.464 e. The van der Waals surface area contributed by atoms with Crippen LogP contribution in [-0.2, 0) is 9.53 Å². The monoisotopic (exact) mass is 391 g/mol. The van der Waals surface area contributed by atoms with E-state index in [-0.39, 0.29) is 12.1 Å². The summed E-state index contributed by atoms with van der Waals surface area (Å²) in [5.74, 6) is 4.56. The number of aromatic nitrogens is 4. The summed E-state index contributed by atoms with van der Waals surface area (Å²) in [6.45, 7) is 0.457. The molecule has 1 saturated heterocycles. The molecular weight excluding hydrogens is 374 g/mol. The minimum Gasteiger partial charge on any atom is -0.464 e. The SMILES string of the molecule is COC(=O)c1nn(-c2cccc(C#CC3(O)CCN(C)C3=O)c2)c2nnccc12. The molecule has 1 N–H and O–H groups in total. The summed E-state index contributed by atoms with van der Waals surface area (Å²) in [6, 6.07) is 8.65. The van der Waals surface area contributed by atoms with Gasteiger partial charge in [-0.3, -0.25) is 4.79 Å². The van der Waals surface area contributed by atoms with Gasteiger partial charge in [0.05, 0.1) is 24.4 Å². The Labute approximate surface area is 165 Å². The Balaban J connectivity index is 1.75. The van der Waals surface area contributed by atoms with E-state index in [0.717, 1.165) is 0 Å². The molecule has 1 fully saturated rings. The number of hydrogen-bond donors (Lipinski definition) is 1. The quantitative estimate of drug-likeness (QED) is 0.502. The molecule has 146 valence electrons. The molecule has 1 aliphatic heterocycles. The van der Waals surface area contributed by atoms with Crippen molar-refractivity contribution < 1.29 is 19.4 Å². The van der Waals surface area contributed by atoms with E-state index in [2.05, 4.69) is 27.1 Å². The number of carbonyl (C=O) groups is 2. The second kappa shape index (κ2) is 7.00. The minimum atomic E-state index is -1.67. The summed E-state index contributed by atoms with van der Waals surface area (Å²) in [6.07, 6.45) is 1.73. The highest BCUT2D eigenvalue weighted by Gasteiger charge is 2.42. The van der Waals surface area contributed by atoms with Crippen molar-refractivity contribution in [3.63, 3.8) is 0 Å². The van der Waals surface area contributed by atoms with Crippen LogP contribution in [-0.4, -0.2) is 68.2 Å². The summed E-state index contributed by atoms with van der Waals surface area (Å²) < 4.78 is 6.27. The second-order valence-electron chi connectivity index (χ2n) is 6.66. The molecule has 1 amide bonds. The number of esters is 1. The van der Waals surface area contributed by atoms with E-state index in [9.17, 15) is 14.7 Å². The normalized spacial score (nSPS) is 18.6. The van der Waals surface area contributed by atoms with Gasteiger partial charge in [0.1, 0.15) is 0 Å². The number of likely N-dealkylation sites (N-methyl/N-ethyl adjacent to an activating group) is 1. The second-order valence-corrected chi connectivity index (χ2v) is 6.66. The van der Waals surface area contributed by atoms with Crippen LogP contribution < -0.4 is 0 Å². The van der Waals surface area contributed by atoms with Crippen molar-refractivity contribution >= 4 is 22.9 Å². The molecule has 4 rings (SSSR count). The lowest BCUT2D eigenvalue weighted by Gasteiger charge is -2.13. The average Bonchev–Trinajstić information content (AvgIpc) is 3.26. The third-order valence-electron chi connectivity index (χ3n) is 4.75. The van der Waals surface area contributed by atoms with Gasteiger partial charge in [-0.05, 0) is 24.3 Å². The van der Waals surface area contributed by atoms with Gasteiger partial charge >= 0.3 is 5.97 Å². The zero-order chi connectivity index (χ0) is 20.6. The van der Waals surface area contributed by atoms with E-state index >= 15 is 0 Å². The van der Waals surface area contributed by atoms with Crippen molar-refractivity contribution in [2.75, 3.05) is 20.7 Å². The number of fused-ring (bicyclic) bond motifs is 1. The Hall–Kier alpha value is -3.77. The first-order chi connectivity index (χ1) is 13.9. The molecule has 3 heterocycles. The Bertz CT molecular complexity index is 1190. The minimum absolute atomic E-state index is 0.128. The lowest BCUT2D eigenvalue weighted by Crippen LogP contribution is -2.37. The van der Waals surface area contributed by atoms with Crippen LogP contribution in [0, 0.1) is 11.8 Å². The predicted molar refractivity (Wildman–Crippen MR) is 102 cm³/mol. The molecule has 2 aromatic heterocycles. The molecule has 0 aliphatic carbocycles. The van der Waals surface area contributed by atoms with E-state index in [1.807, 2.05) is 0 Å². The molecule has 0 spiro atoms. The van der Waals surface area contributed by atoms with Crippen LogP contribution in [0.3, 0.4) is 0 Å². The molecule has 9 nitrogen and oxygen atoms in total. The number of carbonyl (C=O) groups excluding carboxylic acids is 2. The summed E-state index contributed by atoms with van der Waals surface area (Å²) in [5, 5.41) is 23.2. The Kier molecular flexibility index (Phi) is 4.48. The smallest absolute Gasteiger partial charge is 0.359 e. The number of hydrogen-bond acceptors (Lipinski definition) is 7. The van der Waals surface area contributed by atoms with Crippen molar-refractivity contribution in [3.05, 3.63) is 47.8 Å². The Morgan fingerprint density at radius 3 is 2.90 bits per heavy atom. The van der Waals surface area contributed by atoms with Gasteiger partial charge in [0, 0.05) is 25.6 Å². The topological polar surface area (TPSA) is 110 Å². The van der Waals surface area contributed by atoms with Crippen molar-refractivity contribution in [1.82, 2.24) is 24.9 Å². The van der Waals surface area contributed by atoms with E-state index in [4.69, 9.17) is 4.74 Å². The fourth-order valence-electron chi connectivity index (χ4n) is 3.15. The van der Waals surface area contributed by atoms with Crippen LogP contribution in [0.1, 0.15) is 22.5 Å². The molecule has 0 radical (unpaired) electrons. The van der Waals surface area contributed by atoms with E-state index in [1.54, 1.807) is 37.4 Å². The number of amides is 1. The molecule has 0 bridgehead atoms. The number of rotatable bonds is 2.